The van der Waals surface area contributed by atoms with E-state index in [-0.39, 0.29) is 29.7 Å². The third kappa shape index (κ3) is 7.01. The zero-order valence-corrected chi connectivity index (χ0v) is 25.8. The number of halogens is 2. The smallest absolute Gasteiger partial charge is 0.296 e. The van der Waals surface area contributed by atoms with Crippen LogP contribution in [-0.4, -0.2) is 125 Å². The number of aromatic nitrogens is 4. The number of imidazole rings is 1. The molecular formula is C31H40F2N8O4. The van der Waals surface area contributed by atoms with Crippen molar-refractivity contribution in [3.63, 3.8) is 0 Å². The molecule has 2 amide bonds. The van der Waals surface area contributed by atoms with Crippen LogP contribution in [0, 0.1) is 5.92 Å². The maximum Gasteiger partial charge on any atom is 0.296 e. The van der Waals surface area contributed by atoms with E-state index in [9.17, 15) is 18.4 Å². The van der Waals surface area contributed by atoms with Gasteiger partial charge >= 0.3 is 0 Å². The number of carbonyl (C=O) groups is 2. The van der Waals surface area contributed by atoms with Crippen LogP contribution in [0.2, 0.25) is 0 Å². The van der Waals surface area contributed by atoms with E-state index in [1.54, 1.807) is 49.3 Å². The minimum absolute atomic E-state index is 0.0637. The van der Waals surface area contributed by atoms with Gasteiger partial charge in [0.1, 0.15) is 11.9 Å². The molecule has 12 nitrogen and oxygen atoms in total. The number of piperazine rings is 1. The Morgan fingerprint density at radius 2 is 1.69 bits per heavy atom. The summed E-state index contributed by atoms with van der Waals surface area (Å²) in [5.41, 5.74) is 0.975. The Morgan fingerprint density at radius 3 is 2.38 bits per heavy atom. The Balaban J connectivity index is 1.14. The molecule has 3 aromatic rings. The molecule has 4 heterocycles. The number of hydrogen-bond donors (Lipinski definition) is 0. The van der Waals surface area contributed by atoms with Gasteiger partial charge in [-0.1, -0.05) is 12.1 Å². The summed E-state index contributed by atoms with van der Waals surface area (Å²) in [6.45, 7) is 5.15. The average Bonchev–Trinajstić information content (AvgIpc) is 3.46. The molecule has 242 valence electrons. The van der Waals surface area contributed by atoms with Crippen LogP contribution in [-0.2, 0) is 14.3 Å². The molecule has 1 saturated carbocycles. The van der Waals surface area contributed by atoms with Gasteiger partial charge in [0.2, 0.25) is 23.6 Å². The first-order valence-corrected chi connectivity index (χ1v) is 15.6. The lowest BCUT2D eigenvalue weighted by Crippen LogP contribution is -2.52. The summed E-state index contributed by atoms with van der Waals surface area (Å²) in [7, 11) is 3.50. The Kier molecular flexibility index (Phi) is 9.40. The highest BCUT2D eigenvalue weighted by molar-refractivity contribution is 5.80. The lowest BCUT2D eigenvalue weighted by molar-refractivity contribution is -0.139. The van der Waals surface area contributed by atoms with Gasteiger partial charge in [-0.2, -0.15) is 9.97 Å². The van der Waals surface area contributed by atoms with Crippen LogP contribution in [0.3, 0.4) is 0 Å². The van der Waals surface area contributed by atoms with Crippen LogP contribution in [0.4, 0.5) is 14.7 Å². The molecule has 3 fully saturated rings. The van der Waals surface area contributed by atoms with Crippen LogP contribution in [0.1, 0.15) is 37.9 Å². The molecule has 0 radical (unpaired) electrons. The van der Waals surface area contributed by atoms with E-state index >= 15 is 0 Å². The fourth-order valence-corrected chi connectivity index (χ4v) is 6.23. The number of fused-ring (bicyclic) bond motifs is 1. The van der Waals surface area contributed by atoms with Gasteiger partial charge in [-0.25, -0.2) is 13.8 Å². The van der Waals surface area contributed by atoms with E-state index in [2.05, 4.69) is 9.88 Å². The fraction of sp³-hybridized carbons (Fsp3) is 0.581. The number of ether oxygens (including phenoxy) is 2. The number of carbonyl (C=O) groups excluding carboxylic acids is 2. The highest BCUT2D eigenvalue weighted by Crippen LogP contribution is 2.32. The van der Waals surface area contributed by atoms with E-state index in [4.69, 9.17) is 19.4 Å². The summed E-state index contributed by atoms with van der Waals surface area (Å²) in [5.74, 6) is 0.720. The third-order valence-electron chi connectivity index (χ3n) is 8.83. The average molecular weight is 627 g/mol. The molecule has 0 unspecified atom stereocenters. The number of hydrogen-bond acceptors (Lipinski definition) is 9. The molecule has 0 bridgehead atoms. The highest BCUT2D eigenvalue weighted by Gasteiger charge is 2.33. The van der Waals surface area contributed by atoms with Crippen LogP contribution in [0.5, 0.6) is 5.88 Å². The topological polar surface area (TPSA) is 109 Å². The normalized spacial score (nSPS) is 21.4. The molecule has 0 N–H and O–H groups in total. The van der Waals surface area contributed by atoms with Crippen LogP contribution in [0.15, 0.2) is 30.3 Å². The van der Waals surface area contributed by atoms with Crippen molar-refractivity contribution in [1.82, 2.24) is 34.2 Å². The van der Waals surface area contributed by atoms with E-state index in [0.29, 0.717) is 108 Å². The quantitative estimate of drug-likeness (QED) is 0.373. The molecule has 3 aliphatic rings. The van der Waals surface area contributed by atoms with Gasteiger partial charge < -0.3 is 24.2 Å². The van der Waals surface area contributed by atoms with E-state index in [1.165, 1.54) is 4.57 Å². The molecule has 14 heteroatoms. The number of amides is 2. The molecule has 2 saturated heterocycles. The number of anilines is 1. The van der Waals surface area contributed by atoms with E-state index in [0.717, 1.165) is 0 Å². The predicted octanol–water partition coefficient (Wildman–Crippen LogP) is 2.76. The molecule has 0 atom stereocenters. The summed E-state index contributed by atoms with van der Waals surface area (Å²) in [5, 5.41) is 0. The number of rotatable bonds is 8. The Bertz CT molecular complexity index is 1500. The SMILES string of the molecule is CN(C)C(=O)CN1CCN(C(=O)C2CCC(Oc3cc(-n4c(C(F)F)nc5ccccc54)nc(N4CCOCC4)n3)CC2)CC1. The Morgan fingerprint density at radius 1 is 0.978 bits per heavy atom. The van der Waals surface area contributed by atoms with E-state index < -0.39 is 12.2 Å². The standard InChI is InChI=1S/C31H40F2N8O4/c1-37(2)27(42)20-38-11-13-39(14-12-38)30(43)21-7-9-22(10-8-21)45-26-19-25(35-31(36-26)40-15-17-44-18-16-40)41-24-6-4-3-5-23(24)34-29(41)28(32)33/h3-6,19,21-22,28H,7-18,20H2,1-2H3. The van der Waals surface area contributed by atoms with Crippen molar-refractivity contribution in [2.24, 2.45) is 5.92 Å². The van der Waals surface area contributed by atoms with Crippen LogP contribution in [0.25, 0.3) is 16.9 Å². The van der Waals surface area contributed by atoms with Gasteiger partial charge in [-0.3, -0.25) is 19.1 Å². The van der Waals surface area contributed by atoms with Crippen molar-refractivity contribution in [3.05, 3.63) is 36.2 Å². The van der Waals surface area contributed by atoms with Gasteiger partial charge in [-0.15, -0.1) is 0 Å². The zero-order chi connectivity index (χ0) is 31.5. The molecule has 6 rings (SSSR count). The molecule has 1 aromatic carbocycles. The minimum Gasteiger partial charge on any atom is -0.474 e. The van der Waals surface area contributed by atoms with Crippen molar-refractivity contribution >= 4 is 28.8 Å². The second-order valence-corrected chi connectivity index (χ2v) is 12.0. The summed E-state index contributed by atoms with van der Waals surface area (Å²) in [6.07, 6.45) is -0.235. The van der Waals surface area contributed by atoms with Gasteiger partial charge in [0.25, 0.3) is 6.43 Å². The van der Waals surface area contributed by atoms with Crippen LogP contribution >= 0.6 is 0 Å². The monoisotopic (exact) mass is 626 g/mol. The molecule has 1 aliphatic carbocycles. The lowest BCUT2D eigenvalue weighted by atomic mass is 9.86. The van der Waals surface area contributed by atoms with E-state index in [1.807, 2.05) is 9.80 Å². The number of alkyl halides is 2. The predicted molar refractivity (Wildman–Crippen MR) is 163 cm³/mol. The molecular weight excluding hydrogens is 586 g/mol. The molecule has 2 aliphatic heterocycles. The zero-order valence-electron chi connectivity index (χ0n) is 25.8. The van der Waals surface area contributed by atoms with Gasteiger partial charge in [0, 0.05) is 65.3 Å². The number of benzene rings is 1. The second-order valence-electron chi connectivity index (χ2n) is 12.0. The first-order chi connectivity index (χ1) is 21.8. The first kappa shape index (κ1) is 31.1. The Hall–Kier alpha value is -3.91. The third-order valence-corrected chi connectivity index (χ3v) is 8.83. The summed E-state index contributed by atoms with van der Waals surface area (Å²) >= 11 is 0. The number of para-hydroxylation sites is 2. The second kappa shape index (κ2) is 13.6. The maximum absolute atomic E-state index is 14.2. The number of nitrogens with zero attached hydrogens (tertiary/aromatic N) is 8. The molecule has 45 heavy (non-hydrogen) atoms. The summed E-state index contributed by atoms with van der Waals surface area (Å²) in [4.78, 5) is 46.5. The largest absolute Gasteiger partial charge is 0.474 e. The first-order valence-electron chi connectivity index (χ1n) is 15.6. The van der Waals surface area contributed by atoms with Crippen LogP contribution < -0.4 is 9.64 Å². The van der Waals surface area contributed by atoms with Gasteiger partial charge in [0.15, 0.2) is 5.82 Å². The highest BCUT2D eigenvalue weighted by atomic mass is 19.3. The fourth-order valence-electron chi connectivity index (χ4n) is 6.23. The Labute approximate surface area is 260 Å². The van der Waals surface area contributed by atoms with Crippen molar-refractivity contribution < 1.29 is 27.8 Å². The molecule has 2 aromatic heterocycles. The maximum atomic E-state index is 14.2. The summed E-state index contributed by atoms with van der Waals surface area (Å²) < 4.78 is 41.6. The molecule has 0 spiro atoms. The van der Waals surface area contributed by atoms with Crippen molar-refractivity contribution in [2.75, 3.05) is 78.0 Å². The lowest BCUT2D eigenvalue weighted by Gasteiger charge is -2.37. The van der Waals surface area contributed by atoms with Crippen molar-refractivity contribution in [3.8, 4) is 11.7 Å². The van der Waals surface area contributed by atoms with Gasteiger partial charge in [-0.05, 0) is 37.8 Å². The number of morpholine rings is 1. The van der Waals surface area contributed by atoms with Crippen molar-refractivity contribution in [2.45, 2.75) is 38.2 Å². The summed E-state index contributed by atoms with van der Waals surface area (Å²) in [6, 6.07) is 8.58. The minimum atomic E-state index is -2.81. The van der Waals surface area contributed by atoms with Crippen molar-refractivity contribution in [1.29, 1.82) is 0 Å². The van der Waals surface area contributed by atoms with Gasteiger partial charge in [0.05, 0.1) is 30.8 Å². The number of likely N-dealkylation sites (N-methyl/N-ethyl adjacent to an activating group) is 1.